The number of hydrogen-bond donors (Lipinski definition) is 2. The quantitative estimate of drug-likeness (QED) is 0.840. The Bertz CT molecular complexity index is 589. The number of nitrogens with zero attached hydrogens (tertiary/aromatic N) is 3. The molecule has 0 saturated carbocycles. The van der Waals surface area contributed by atoms with Gasteiger partial charge in [-0.05, 0) is 20.8 Å². The van der Waals surface area contributed by atoms with Gasteiger partial charge in [-0.25, -0.2) is 4.98 Å². The molecule has 20 heavy (non-hydrogen) atoms. The first-order valence-electron chi connectivity index (χ1n) is 6.75. The highest BCUT2D eigenvalue weighted by atomic mass is 32.1. The van der Waals surface area contributed by atoms with Crippen molar-refractivity contribution >= 4 is 28.0 Å². The van der Waals surface area contributed by atoms with Gasteiger partial charge in [0.1, 0.15) is 0 Å². The number of thiazole rings is 1. The van der Waals surface area contributed by atoms with Crippen LogP contribution in [0.3, 0.4) is 0 Å². The highest BCUT2D eigenvalue weighted by Crippen LogP contribution is 2.24. The van der Waals surface area contributed by atoms with Crippen molar-refractivity contribution in [2.24, 2.45) is 5.73 Å². The summed E-state index contributed by atoms with van der Waals surface area (Å²) < 4.78 is 1.99. The molecule has 0 saturated heterocycles. The Morgan fingerprint density at radius 2 is 2.35 bits per heavy atom. The summed E-state index contributed by atoms with van der Waals surface area (Å²) in [6, 6.07) is 0.140. The fraction of sp³-hybridized carbons (Fsp3) is 0.538. The normalized spacial score (nSPS) is 11.2. The fourth-order valence-corrected chi connectivity index (χ4v) is 2.87. The maximum absolute atomic E-state index is 11.9. The summed E-state index contributed by atoms with van der Waals surface area (Å²) in [6.07, 6.45) is 1.96. The lowest BCUT2D eigenvalue weighted by Gasteiger charge is -2.22. The predicted octanol–water partition coefficient (Wildman–Crippen LogP) is 1.21. The Kier molecular flexibility index (Phi) is 4.61. The predicted molar refractivity (Wildman–Crippen MR) is 82.1 cm³/mol. The number of nitrogens with one attached hydrogen (secondary N) is 1. The van der Waals surface area contributed by atoms with Crippen molar-refractivity contribution in [3.63, 3.8) is 0 Å². The van der Waals surface area contributed by atoms with Crippen LogP contribution < -0.4 is 16.0 Å². The zero-order chi connectivity index (χ0) is 14.7. The van der Waals surface area contributed by atoms with Crippen molar-refractivity contribution in [1.29, 1.82) is 0 Å². The minimum atomic E-state index is 0.00109. The molecule has 0 radical (unpaired) electrons. The third-order valence-corrected chi connectivity index (χ3v) is 3.76. The summed E-state index contributed by atoms with van der Waals surface area (Å²) >= 11 is 1.56. The molecule has 0 unspecified atom stereocenters. The van der Waals surface area contributed by atoms with Crippen LogP contribution in [0, 0.1) is 0 Å². The number of fused-ring (bicyclic) bond motifs is 1. The summed E-state index contributed by atoms with van der Waals surface area (Å²) in [5.74, 6) is 0.807. The van der Waals surface area contributed by atoms with Crippen LogP contribution in [0.5, 0.6) is 0 Å². The van der Waals surface area contributed by atoms with Gasteiger partial charge in [-0.15, -0.1) is 11.3 Å². The molecule has 0 spiro atoms. The van der Waals surface area contributed by atoms with E-state index in [1.807, 2.05) is 41.6 Å². The van der Waals surface area contributed by atoms with Crippen molar-refractivity contribution < 1.29 is 4.79 Å². The Balaban J connectivity index is 2.24. The third-order valence-electron chi connectivity index (χ3n) is 3.00. The molecule has 0 fully saturated rings. The van der Waals surface area contributed by atoms with Gasteiger partial charge >= 0.3 is 0 Å². The van der Waals surface area contributed by atoms with E-state index in [0.29, 0.717) is 19.6 Å². The second-order valence-corrected chi connectivity index (χ2v) is 5.75. The number of likely N-dealkylation sites (N-methyl/N-ethyl adjacent to an activating group) is 1. The number of carbonyl (C=O) groups excluding carboxylic acids is 1. The van der Waals surface area contributed by atoms with Crippen molar-refractivity contribution in [3.8, 4) is 0 Å². The van der Waals surface area contributed by atoms with Crippen LogP contribution in [0.15, 0.2) is 11.6 Å². The summed E-state index contributed by atoms with van der Waals surface area (Å²) in [5.41, 5.74) is 6.79. The molecule has 0 aliphatic rings. The molecule has 2 rings (SSSR count). The molecule has 3 N–H and O–H groups in total. The number of imidazole rings is 1. The summed E-state index contributed by atoms with van der Waals surface area (Å²) in [6.45, 7) is 7.32. The molecular weight excluding hydrogens is 274 g/mol. The van der Waals surface area contributed by atoms with Crippen molar-refractivity contribution in [2.75, 3.05) is 18.0 Å². The van der Waals surface area contributed by atoms with E-state index in [0.717, 1.165) is 16.5 Å². The zero-order valence-electron chi connectivity index (χ0n) is 12.1. The van der Waals surface area contributed by atoms with E-state index in [1.165, 1.54) is 0 Å². The van der Waals surface area contributed by atoms with E-state index < -0.39 is 0 Å². The summed E-state index contributed by atoms with van der Waals surface area (Å²) in [5, 5.41) is 4.88. The van der Waals surface area contributed by atoms with Crippen molar-refractivity contribution in [2.45, 2.75) is 33.4 Å². The van der Waals surface area contributed by atoms with Crippen molar-refractivity contribution in [3.05, 3.63) is 17.3 Å². The number of anilines is 1. The van der Waals surface area contributed by atoms with Gasteiger partial charge in [0.2, 0.25) is 5.91 Å². The molecule has 0 atom stereocenters. The van der Waals surface area contributed by atoms with Crippen molar-refractivity contribution in [1.82, 2.24) is 14.7 Å². The van der Waals surface area contributed by atoms with Crippen LogP contribution >= 0.6 is 11.3 Å². The lowest BCUT2D eigenvalue weighted by molar-refractivity contribution is -0.120. The molecule has 2 aromatic rings. The highest BCUT2D eigenvalue weighted by molar-refractivity contribution is 7.15. The first kappa shape index (κ1) is 14.8. The molecule has 0 bridgehead atoms. The van der Waals surface area contributed by atoms with Gasteiger partial charge in [-0.1, -0.05) is 0 Å². The average molecular weight is 295 g/mol. The monoisotopic (exact) mass is 295 g/mol. The molecular formula is C13H21N5OS. The minimum Gasteiger partial charge on any atom is -0.352 e. The van der Waals surface area contributed by atoms with E-state index in [9.17, 15) is 4.79 Å². The van der Waals surface area contributed by atoms with Gasteiger partial charge in [0.25, 0.3) is 0 Å². The van der Waals surface area contributed by atoms with Gasteiger partial charge < -0.3 is 16.0 Å². The van der Waals surface area contributed by atoms with Gasteiger partial charge in [0.15, 0.2) is 10.8 Å². The molecule has 7 heteroatoms. The molecule has 1 amide bonds. The topological polar surface area (TPSA) is 75.7 Å². The largest absolute Gasteiger partial charge is 0.352 e. The second kappa shape index (κ2) is 6.23. The lowest BCUT2D eigenvalue weighted by Crippen LogP contribution is -2.40. The summed E-state index contributed by atoms with van der Waals surface area (Å²) in [4.78, 5) is 19.4. The van der Waals surface area contributed by atoms with Gasteiger partial charge in [0.05, 0.1) is 12.2 Å². The molecule has 0 aromatic carbocycles. The van der Waals surface area contributed by atoms with Crippen LogP contribution in [-0.2, 0) is 11.3 Å². The zero-order valence-corrected chi connectivity index (χ0v) is 12.9. The van der Waals surface area contributed by atoms with Crippen LogP contribution in [0.25, 0.3) is 4.96 Å². The van der Waals surface area contributed by atoms with Gasteiger partial charge in [-0.3, -0.25) is 9.20 Å². The number of nitrogens with two attached hydrogens (primary N) is 1. The van der Waals surface area contributed by atoms with E-state index >= 15 is 0 Å². The number of aromatic nitrogens is 2. The fourth-order valence-electron chi connectivity index (χ4n) is 2.14. The minimum absolute atomic E-state index is 0.00109. The third kappa shape index (κ3) is 2.94. The summed E-state index contributed by atoms with van der Waals surface area (Å²) in [7, 11) is 0. The van der Waals surface area contributed by atoms with Gasteiger partial charge in [0, 0.05) is 30.7 Å². The molecule has 2 heterocycles. The molecule has 0 aliphatic heterocycles. The highest BCUT2D eigenvalue weighted by Gasteiger charge is 2.19. The molecule has 110 valence electrons. The van der Waals surface area contributed by atoms with E-state index in [-0.39, 0.29) is 11.9 Å². The van der Waals surface area contributed by atoms with E-state index in [4.69, 9.17) is 5.73 Å². The number of rotatable bonds is 6. The standard InChI is InChI=1S/C13H21N5OS/c1-4-17(8-11(19)15-9(2)3)12-10(7-14)18-5-6-20-13(18)16-12/h5-6,9H,4,7-8,14H2,1-3H3,(H,15,19). The number of carbonyl (C=O) groups is 1. The Labute approximate surface area is 122 Å². The van der Waals surface area contributed by atoms with Crippen LogP contribution in [-0.4, -0.2) is 34.4 Å². The SMILES string of the molecule is CCN(CC(=O)NC(C)C)c1nc2sccn2c1CN. The maximum atomic E-state index is 11.9. The first-order valence-corrected chi connectivity index (χ1v) is 7.63. The van der Waals surface area contributed by atoms with E-state index in [1.54, 1.807) is 11.3 Å². The van der Waals surface area contributed by atoms with Crippen LogP contribution in [0.4, 0.5) is 5.82 Å². The molecule has 2 aromatic heterocycles. The van der Waals surface area contributed by atoms with Gasteiger partial charge in [-0.2, -0.15) is 0 Å². The Morgan fingerprint density at radius 1 is 1.60 bits per heavy atom. The Hall–Kier alpha value is -1.60. The second-order valence-electron chi connectivity index (χ2n) is 4.88. The van der Waals surface area contributed by atoms with Crippen LogP contribution in [0.2, 0.25) is 0 Å². The van der Waals surface area contributed by atoms with E-state index in [2.05, 4.69) is 10.3 Å². The maximum Gasteiger partial charge on any atom is 0.239 e. The average Bonchev–Trinajstić information content (AvgIpc) is 2.94. The molecule has 0 aliphatic carbocycles. The molecule has 6 nitrogen and oxygen atoms in total. The number of amides is 1. The smallest absolute Gasteiger partial charge is 0.239 e. The number of hydrogen-bond acceptors (Lipinski definition) is 5. The first-order chi connectivity index (χ1) is 9.56. The van der Waals surface area contributed by atoms with Crippen LogP contribution in [0.1, 0.15) is 26.5 Å². The Morgan fingerprint density at radius 3 is 2.95 bits per heavy atom. The lowest BCUT2D eigenvalue weighted by atomic mass is 10.3.